The van der Waals surface area contributed by atoms with Crippen molar-refractivity contribution < 1.29 is 18.8 Å². The summed E-state index contributed by atoms with van der Waals surface area (Å²) in [5.41, 5.74) is 2.45. The molecule has 0 fully saturated rings. The molecule has 0 aliphatic heterocycles. The zero-order chi connectivity index (χ0) is 20.8. The number of ether oxygens (including phenoxy) is 1. The fourth-order valence-electron chi connectivity index (χ4n) is 2.63. The van der Waals surface area contributed by atoms with Crippen LogP contribution in [0.1, 0.15) is 27.0 Å². The zero-order valence-corrected chi connectivity index (χ0v) is 16.1. The average Bonchev–Trinajstić information content (AvgIpc) is 2.75. The number of amides is 1. The smallest absolute Gasteiger partial charge is 0.258 e. The van der Waals surface area contributed by atoms with Crippen molar-refractivity contribution in [3.05, 3.63) is 83.1 Å². The molecule has 7 nitrogen and oxygen atoms in total. The molecule has 0 atom stereocenters. The van der Waals surface area contributed by atoms with Crippen LogP contribution in [-0.2, 0) is 4.84 Å². The molecule has 1 amide bonds. The lowest BCUT2D eigenvalue weighted by Gasteiger charge is -2.09. The second kappa shape index (κ2) is 8.92. The van der Waals surface area contributed by atoms with E-state index in [1.54, 1.807) is 25.4 Å². The lowest BCUT2D eigenvalue weighted by atomic mass is 10.0. The number of carbonyl (C=O) groups is 1. The minimum Gasteiger partial charge on any atom is -0.497 e. The van der Waals surface area contributed by atoms with Crippen LogP contribution in [0.2, 0.25) is 0 Å². The van der Waals surface area contributed by atoms with Gasteiger partial charge in [0.1, 0.15) is 30.2 Å². The van der Waals surface area contributed by atoms with Crippen molar-refractivity contribution in [1.82, 2.24) is 9.97 Å². The molecule has 2 heterocycles. The maximum Gasteiger partial charge on any atom is 0.258 e. The minimum atomic E-state index is -0.541. The van der Waals surface area contributed by atoms with E-state index in [-0.39, 0.29) is 11.1 Å². The van der Waals surface area contributed by atoms with Crippen LogP contribution in [0.15, 0.2) is 60.1 Å². The van der Waals surface area contributed by atoms with Crippen LogP contribution in [0.3, 0.4) is 0 Å². The molecular formula is C21H19FN4O3. The Morgan fingerprint density at radius 2 is 1.76 bits per heavy atom. The molecule has 0 aliphatic carbocycles. The molecule has 148 valence electrons. The van der Waals surface area contributed by atoms with Gasteiger partial charge in [0.2, 0.25) is 0 Å². The molecule has 2 aromatic heterocycles. The third-order valence-corrected chi connectivity index (χ3v) is 4.22. The van der Waals surface area contributed by atoms with E-state index < -0.39 is 11.7 Å². The van der Waals surface area contributed by atoms with Crippen molar-refractivity contribution in [1.29, 1.82) is 0 Å². The highest BCUT2D eigenvalue weighted by Crippen LogP contribution is 2.18. The molecule has 8 heteroatoms. The summed E-state index contributed by atoms with van der Waals surface area (Å²) in [6.07, 6.45) is 3.94. The Morgan fingerprint density at radius 1 is 1.03 bits per heavy atom. The van der Waals surface area contributed by atoms with E-state index in [0.717, 1.165) is 17.5 Å². The van der Waals surface area contributed by atoms with Gasteiger partial charge in [-0.3, -0.25) is 9.78 Å². The van der Waals surface area contributed by atoms with E-state index in [4.69, 9.17) is 9.57 Å². The Labute approximate surface area is 167 Å². The van der Waals surface area contributed by atoms with Crippen LogP contribution in [0.4, 0.5) is 10.2 Å². The standard InChI is InChI=1S/C21H19FN4O3/c1-13-17(11-23-12-18(13)22)21(27)25-19-9-6-15(10-24-19)20(26-29-3)14-4-7-16(28-2)8-5-14/h4-12H,1-3H3,(H,24,25,27)/b26-20-. The molecule has 0 radical (unpaired) electrons. The maximum absolute atomic E-state index is 13.6. The number of pyridine rings is 2. The highest BCUT2D eigenvalue weighted by molar-refractivity contribution is 6.12. The van der Waals surface area contributed by atoms with E-state index in [1.807, 2.05) is 24.3 Å². The lowest BCUT2D eigenvalue weighted by Crippen LogP contribution is -2.15. The summed E-state index contributed by atoms with van der Waals surface area (Å²) in [6, 6.07) is 10.7. The zero-order valence-electron chi connectivity index (χ0n) is 16.1. The molecular weight excluding hydrogens is 375 g/mol. The van der Waals surface area contributed by atoms with Gasteiger partial charge in [-0.15, -0.1) is 0 Å². The molecule has 0 bridgehead atoms. The molecule has 1 N–H and O–H groups in total. The van der Waals surface area contributed by atoms with Crippen LogP contribution >= 0.6 is 0 Å². The first-order valence-electron chi connectivity index (χ1n) is 8.67. The van der Waals surface area contributed by atoms with Gasteiger partial charge in [0.15, 0.2) is 0 Å². The Kier molecular flexibility index (Phi) is 6.13. The van der Waals surface area contributed by atoms with Gasteiger partial charge in [-0.1, -0.05) is 5.16 Å². The number of methoxy groups -OCH3 is 1. The summed E-state index contributed by atoms with van der Waals surface area (Å²) >= 11 is 0. The van der Waals surface area contributed by atoms with E-state index in [2.05, 4.69) is 20.4 Å². The minimum absolute atomic E-state index is 0.149. The second-order valence-corrected chi connectivity index (χ2v) is 6.03. The van der Waals surface area contributed by atoms with Gasteiger partial charge in [0.25, 0.3) is 5.91 Å². The number of anilines is 1. The van der Waals surface area contributed by atoms with Crippen LogP contribution in [-0.4, -0.2) is 35.8 Å². The summed E-state index contributed by atoms with van der Waals surface area (Å²) < 4.78 is 18.8. The number of nitrogens with one attached hydrogen (secondary N) is 1. The Hall–Kier alpha value is -3.81. The van der Waals surface area contributed by atoms with Crippen molar-refractivity contribution >= 4 is 17.4 Å². The first-order chi connectivity index (χ1) is 14.0. The quantitative estimate of drug-likeness (QED) is 0.510. The summed E-state index contributed by atoms with van der Waals surface area (Å²) in [7, 11) is 3.05. The largest absolute Gasteiger partial charge is 0.497 e. The molecule has 29 heavy (non-hydrogen) atoms. The monoisotopic (exact) mass is 394 g/mol. The van der Waals surface area contributed by atoms with Crippen LogP contribution in [0.5, 0.6) is 5.75 Å². The third-order valence-electron chi connectivity index (χ3n) is 4.22. The van der Waals surface area contributed by atoms with E-state index >= 15 is 0 Å². The number of benzene rings is 1. The number of hydrogen-bond acceptors (Lipinski definition) is 6. The topological polar surface area (TPSA) is 85.7 Å². The Bertz CT molecular complexity index is 1030. The number of nitrogens with zero attached hydrogens (tertiary/aromatic N) is 3. The molecule has 0 saturated heterocycles. The molecule has 3 aromatic rings. The number of rotatable bonds is 6. The molecule has 0 aliphatic rings. The Morgan fingerprint density at radius 3 is 2.38 bits per heavy atom. The summed E-state index contributed by atoms with van der Waals surface area (Å²) in [4.78, 5) is 25.3. The van der Waals surface area contributed by atoms with Crippen molar-refractivity contribution in [3.63, 3.8) is 0 Å². The predicted octanol–water partition coefficient (Wildman–Crippen LogP) is 3.58. The predicted molar refractivity (Wildman–Crippen MR) is 107 cm³/mol. The lowest BCUT2D eigenvalue weighted by molar-refractivity contribution is 0.102. The SMILES string of the molecule is CO/N=C(/c1ccc(OC)cc1)c1ccc(NC(=O)c2cncc(F)c2C)nc1. The first kappa shape index (κ1) is 19.9. The normalized spacial score (nSPS) is 11.1. The number of aromatic nitrogens is 2. The van der Waals surface area contributed by atoms with Gasteiger partial charge in [0, 0.05) is 29.1 Å². The number of hydrogen-bond donors (Lipinski definition) is 1. The van der Waals surface area contributed by atoms with E-state index in [0.29, 0.717) is 17.1 Å². The van der Waals surface area contributed by atoms with Crippen molar-refractivity contribution in [2.45, 2.75) is 6.92 Å². The van der Waals surface area contributed by atoms with E-state index in [1.165, 1.54) is 20.2 Å². The first-order valence-corrected chi connectivity index (χ1v) is 8.67. The van der Waals surface area contributed by atoms with Gasteiger partial charge in [-0.05, 0) is 43.3 Å². The van der Waals surface area contributed by atoms with Gasteiger partial charge in [0.05, 0.1) is 18.9 Å². The average molecular weight is 394 g/mol. The summed E-state index contributed by atoms with van der Waals surface area (Å²) in [5, 5.41) is 6.71. The molecule has 0 saturated carbocycles. The van der Waals surface area contributed by atoms with E-state index in [9.17, 15) is 9.18 Å². The fraction of sp³-hybridized carbons (Fsp3) is 0.143. The third kappa shape index (κ3) is 4.55. The second-order valence-electron chi connectivity index (χ2n) is 6.03. The Balaban J connectivity index is 1.81. The summed E-state index contributed by atoms with van der Waals surface area (Å²) in [6.45, 7) is 1.52. The molecule has 0 spiro atoms. The highest BCUT2D eigenvalue weighted by Gasteiger charge is 2.14. The maximum atomic E-state index is 13.6. The van der Waals surface area contributed by atoms with Gasteiger partial charge < -0.3 is 14.9 Å². The van der Waals surface area contributed by atoms with Crippen LogP contribution in [0, 0.1) is 12.7 Å². The number of oxime groups is 1. The van der Waals surface area contributed by atoms with Gasteiger partial charge in [-0.25, -0.2) is 9.37 Å². The van der Waals surface area contributed by atoms with Gasteiger partial charge >= 0.3 is 0 Å². The number of halogens is 1. The summed E-state index contributed by atoms with van der Waals surface area (Å²) in [5.74, 6) is 0.00861. The van der Waals surface area contributed by atoms with Crippen LogP contribution < -0.4 is 10.1 Å². The van der Waals surface area contributed by atoms with Crippen molar-refractivity contribution in [3.8, 4) is 5.75 Å². The van der Waals surface area contributed by atoms with Crippen molar-refractivity contribution in [2.24, 2.45) is 5.16 Å². The van der Waals surface area contributed by atoms with Gasteiger partial charge in [-0.2, -0.15) is 0 Å². The number of carbonyl (C=O) groups excluding carboxylic acids is 1. The van der Waals surface area contributed by atoms with Crippen molar-refractivity contribution in [2.75, 3.05) is 19.5 Å². The van der Waals surface area contributed by atoms with Crippen LogP contribution in [0.25, 0.3) is 0 Å². The fourth-order valence-corrected chi connectivity index (χ4v) is 2.63. The highest BCUT2D eigenvalue weighted by atomic mass is 19.1. The molecule has 1 aromatic carbocycles. The molecule has 3 rings (SSSR count). The molecule has 0 unspecified atom stereocenters.